The second kappa shape index (κ2) is 6.49. The van der Waals surface area contributed by atoms with Gasteiger partial charge in [-0.1, -0.05) is 13.8 Å². The molecule has 1 heterocycles. The van der Waals surface area contributed by atoms with Gasteiger partial charge in [-0.3, -0.25) is 4.79 Å². The van der Waals surface area contributed by atoms with Crippen LogP contribution in [-0.2, 0) is 14.8 Å². The lowest BCUT2D eigenvalue weighted by Crippen LogP contribution is -2.49. The van der Waals surface area contributed by atoms with Gasteiger partial charge < -0.3 is 10.0 Å². The normalized spacial score (nSPS) is 19.3. The van der Waals surface area contributed by atoms with Crippen LogP contribution in [0.5, 0.6) is 0 Å². The van der Waals surface area contributed by atoms with Gasteiger partial charge in [-0.05, 0) is 5.92 Å². The first-order chi connectivity index (χ1) is 8.31. The van der Waals surface area contributed by atoms with Gasteiger partial charge in [0.05, 0.1) is 12.2 Å². The molecule has 0 amide bonds. The number of hydrogen-bond donors (Lipinski definition) is 1. The molecule has 1 rings (SSSR count). The first-order valence-electron chi connectivity index (χ1n) is 6.23. The zero-order chi connectivity index (χ0) is 13.8. The molecule has 0 atom stereocenters. The van der Waals surface area contributed by atoms with Crippen LogP contribution in [0.4, 0.5) is 0 Å². The summed E-state index contributed by atoms with van der Waals surface area (Å²) in [5.41, 5.74) is 0. The highest BCUT2D eigenvalue weighted by molar-refractivity contribution is 7.89. The highest BCUT2D eigenvalue weighted by atomic mass is 32.2. The molecule has 0 aliphatic carbocycles. The standard InChI is InChI=1S/C11H22N2O4S/c1-10(2)9-18(16,17)13-7-5-12(6-8-13)4-3-11(14)15/h10H,3-9H2,1-2H3,(H,14,15). The highest BCUT2D eigenvalue weighted by Crippen LogP contribution is 2.11. The highest BCUT2D eigenvalue weighted by Gasteiger charge is 2.27. The van der Waals surface area contributed by atoms with Crippen molar-refractivity contribution in [2.24, 2.45) is 5.92 Å². The smallest absolute Gasteiger partial charge is 0.304 e. The minimum Gasteiger partial charge on any atom is -0.481 e. The van der Waals surface area contributed by atoms with Crippen LogP contribution in [0.15, 0.2) is 0 Å². The molecule has 106 valence electrons. The summed E-state index contributed by atoms with van der Waals surface area (Å²) in [5, 5.41) is 8.59. The van der Waals surface area contributed by atoms with Crippen molar-refractivity contribution in [1.29, 1.82) is 0 Å². The van der Waals surface area contributed by atoms with E-state index >= 15 is 0 Å². The Labute approximate surface area is 109 Å². The Morgan fingerprint density at radius 3 is 2.22 bits per heavy atom. The Kier molecular flexibility index (Phi) is 5.55. The third kappa shape index (κ3) is 4.91. The summed E-state index contributed by atoms with van der Waals surface area (Å²) in [6.45, 7) is 6.44. The third-order valence-corrected chi connectivity index (χ3v) is 5.15. The molecule has 1 aliphatic heterocycles. The van der Waals surface area contributed by atoms with Crippen molar-refractivity contribution in [3.8, 4) is 0 Å². The van der Waals surface area contributed by atoms with Gasteiger partial charge in [0, 0.05) is 32.7 Å². The molecule has 1 aliphatic rings. The molecular weight excluding hydrogens is 256 g/mol. The Balaban J connectivity index is 2.41. The second-order valence-electron chi connectivity index (χ2n) is 5.06. The van der Waals surface area contributed by atoms with Gasteiger partial charge in [-0.15, -0.1) is 0 Å². The van der Waals surface area contributed by atoms with Crippen LogP contribution in [-0.4, -0.2) is 67.2 Å². The summed E-state index contributed by atoms with van der Waals surface area (Å²) >= 11 is 0. The monoisotopic (exact) mass is 278 g/mol. The number of carbonyl (C=O) groups is 1. The maximum absolute atomic E-state index is 12.0. The Bertz CT molecular complexity index is 373. The Morgan fingerprint density at radius 1 is 1.22 bits per heavy atom. The molecule has 0 radical (unpaired) electrons. The second-order valence-corrected chi connectivity index (χ2v) is 7.07. The van der Waals surface area contributed by atoms with Crippen molar-refractivity contribution < 1.29 is 18.3 Å². The SMILES string of the molecule is CC(C)CS(=O)(=O)N1CCN(CCC(=O)O)CC1. The van der Waals surface area contributed by atoms with Crippen molar-refractivity contribution in [2.75, 3.05) is 38.5 Å². The van der Waals surface area contributed by atoms with Crippen molar-refractivity contribution in [2.45, 2.75) is 20.3 Å². The van der Waals surface area contributed by atoms with E-state index in [9.17, 15) is 13.2 Å². The lowest BCUT2D eigenvalue weighted by atomic mass is 10.3. The molecule has 0 aromatic heterocycles. The maximum Gasteiger partial charge on any atom is 0.304 e. The van der Waals surface area contributed by atoms with Gasteiger partial charge in [-0.2, -0.15) is 4.31 Å². The number of rotatable bonds is 6. The van der Waals surface area contributed by atoms with Crippen molar-refractivity contribution in [3.05, 3.63) is 0 Å². The molecule has 0 aromatic rings. The lowest BCUT2D eigenvalue weighted by molar-refractivity contribution is -0.137. The minimum atomic E-state index is -3.15. The number of aliphatic carboxylic acids is 1. The van der Waals surface area contributed by atoms with Crippen LogP contribution in [0, 0.1) is 5.92 Å². The predicted octanol–water partition coefficient (Wildman–Crippen LogP) is 0.0645. The van der Waals surface area contributed by atoms with Gasteiger partial charge in [0.1, 0.15) is 0 Å². The van der Waals surface area contributed by atoms with Gasteiger partial charge in [0.25, 0.3) is 0 Å². The quantitative estimate of drug-likeness (QED) is 0.743. The first kappa shape index (κ1) is 15.4. The predicted molar refractivity (Wildman–Crippen MR) is 68.9 cm³/mol. The summed E-state index contributed by atoms with van der Waals surface area (Å²) in [6, 6.07) is 0. The molecule has 6 nitrogen and oxygen atoms in total. The molecule has 1 N–H and O–H groups in total. The molecule has 0 bridgehead atoms. The van der Waals surface area contributed by atoms with Crippen molar-refractivity contribution in [3.63, 3.8) is 0 Å². The van der Waals surface area contributed by atoms with Crippen LogP contribution in [0.3, 0.4) is 0 Å². The molecule has 18 heavy (non-hydrogen) atoms. The Morgan fingerprint density at radius 2 is 1.78 bits per heavy atom. The number of carboxylic acids is 1. The number of piperazine rings is 1. The fourth-order valence-corrected chi connectivity index (χ4v) is 3.78. The van der Waals surface area contributed by atoms with E-state index in [1.165, 1.54) is 4.31 Å². The lowest BCUT2D eigenvalue weighted by Gasteiger charge is -2.34. The average Bonchev–Trinajstić information content (AvgIpc) is 2.25. The zero-order valence-corrected chi connectivity index (χ0v) is 11.8. The minimum absolute atomic E-state index is 0.110. The number of hydrogen-bond acceptors (Lipinski definition) is 4. The van der Waals surface area contributed by atoms with Crippen molar-refractivity contribution in [1.82, 2.24) is 9.21 Å². The van der Waals surface area contributed by atoms with Crippen molar-refractivity contribution >= 4 is 16.0 Å². The van der Waals surface area contributed by atoms with Gasteiger partial charge in [0.15, 0.2) is 0 Å². The largest absolute Gasteiger partial charge is 0.481 e. The van der Waals surface area contributed by atoms with Crippen LogP contribution >= 0.6 is 0 Å². The molecule has 0 unspecified atom stereocenters. The van der Waals surface area contributed by atoms with E-state index in [0.717, 1.165) is 0 Å². The topological polar surface area (TPSA) is 77.9 Å². The summed E-state index contributed by atoms with van der Waals surface area (Å²) in [6.07, 6.45) is 0.110. The van der Waals surface area contributed by atoms with Gasteiger partial charge in [-0.25, -0.2) is 8.42 Å². The molecule has 1 fully saturated rings. The van der Waals surface area contributed by atoms with Crippen LogP contribution in [0.1, 0.15) is 20.3 Å². The summed E-state index contributed by atoms with van der Waals surface area (Å²) in [4.78, 5) is 12.4. The summed E-state index contributed by atoms with van der Waals surface area (Å²) in [7, 11) is -3.15. The third-order valence-electron chi connectivity index (χ3n) is 2.91. The molecule has 0 aromatic carbocycles. The van der Waals surface area contributed by atoms with E-state index in [4.69, 9.17) is 5.11 Å². The van der Waals surface area contributed by atoms with Crippen LogP contribution < -0.4 is 0 Å². The fraction of sp³-hybridized carbons (Fsp3) is 0.909. The maximum atomic E-state index is 12.0. The van der Waals surface area contributed by atoms with E-state index in [0.29, 0.717) is 32.7 Å². The van der Waals surface area contributed by atoms with Crippen LogP contribution in [0.2, 0.25) is 0 Å². The van der Waals surface area contributed by atoms with E-state index < -0.39 is 16.0 Å². The number of sulfonamides is 1. The van der Waals surface area contributed by atoms with E-state index in [1.807, 2.05) is 18.7 Å². The van der Waals surface area contributed by atoms with Crippen LogP contribution in [0.25, 0.3) is 0 Å². The molecule has 7 heteroatoms. The number of nitrogens with zero attached hydrogens (tertiary/aromatic N) is 2. The molecule has 0 spiro atoms. The molecule has 0 saturated carbocycles. The van der Waals surface area contributed by atoms with E-state index in [2.05, 4.69) is 0 Å². The fourth-order valence-electron chi connectivity index (χ4n) is 2.01. The molecule has 1 saturated heterocycles. The van der Waals surface area contributed by atoms with E-state index in [-0.39, 0.29) is 18.1 Å². The Hall–Kier alpha value is -0.660. The van der Waals surface area contributed by atoms with Gasteiger partial charge in [0.2, 0.25) is 10.0 Å². The first-order valence-corrected chi connectivity index (χ1v) is 7.84. The average molecular weight is 278 g/mol. The zero-order valence-electron chi connectivity index (χ0n) is 11.0. The van der Waals surface area contributed by atoms with E-state index in [1.54, 1.807) is 0 Å². The summed E-state index contributed by atoms with van der Waals surface area (Å²) in [5.74, 6) is -0.507. The summed E-state index contributed by atoms with van der Waals surface area (Å²) < 4.78 is 25.5. The van der Waals surface area contributed by atoms with Gasteiger partial charge >= 0.3 is 5.97 Å². The molecular formula is C11H22N2O4S. The number of carboxylic acid groups (broad SMARTS) is 1.